The average molecular weight is 198 g/mol. The lowest BCUT2D eigenvalue weighted by molar-refractivity contribution is 0.807. The molecule has 0 bridgehead atoms. The summed E-state index contributed by atoms with van der Waals surface area (Å²) in [5, 5.41) is 0. The first-order chi connectivity index (χ1) is 7.25. The Kier molecular flexibility index (Phi) is 1.72. The Labute approximate surface area is 89.6 Å². The molecular weight excluding hydrogens is 184 g/mol. The lowest BCUT2D eigenvalue weighted by atomic mass is 9.84. The van der Waals surface area contributed by atoms with E-state index in [1.807, 2.05) is 13.3 Å². The quantitative estimate of drug-likeness (QED) is 0.688. The molecule has 0 unspecified atom stereocenters. The van der Waals surface area contributed by atoms with Gasteiger partial charge in [0.25, 0.3) is 0 Å². The predicted molar refractivity (Wildman–Crippen MR) is 60.4 cm³/mol. The second kappa shape index (κ2) is 2.96. The number of aryl methyl sites for hydroxylation is 2. The lowest BCUT2D eigenvalue weighted by Crippen LogP contribution is -2.14. The Balaban J connectivity index is 2.17. The van der Waals surface area contributed by atoms with Crippen LogP contribution in [0.4, 0.5) is 0 Å². The first-order valence-corrected chi connectivity index (χ1v) is 5.38. The number of aromatic nitrogens is 2. The molecule has 0 atom stereocenters. The fourth-order valence-electron chi connectivity index (χ4n) is 2.29. The third kappa shape index (κ3) is 1.21. The number of fused-ring (bicyclic) bond motifs is 1. The van der Waals surface area contributed by atoms with E-state index in [0.717, 1.165) is 5.69 Å². The second-order valence-electron chi connectivity index (χ2n) is 4.28. The summed E-state index contributed by atoms with van der Waals surface area (Å²) in [6, 6.07) is 4.41. The van der Waals surface area contributed by atoms with Gasteiger partial charge < -0.3 is 4.57 Å². The minimum atomic E-state index is 1.07. The summed E-state index contributed by atoms with van der Waals surface area (Å²) in [6.45, 7) is 4.22. The third-order valence-corrected chi connectivity index (χ3v) is 3.26. The van der Waals surface area contributed by atoms with E-state index < -0.39 is 0 Å². The molecule has 15 heavy (non-hydrogen) atoms. The van der Waals surface area contributed by atoms with Gasteiger partial charge in [-0.3, -0.25) is 0 Å². The molecule has 3 rings (SSSR count). The third-order valence-electron chi connectivity index (χ3n) is 3.26. The maximum Gasteiger partial charge on any atom is 0.0995 e. The molecule has 1 aromatic heterocycles. The highest BCUT2D eigenvalue weighted by Crippen LogP contribution is 2.31. The molecule has 76 valence electrons. The molecule has 0 amide bonds. The van der Waals surface area contributed by atoms with E-state index in [0.29, 0.717) is 0 Å². The molecule has 0 spiro atoms. The molecule has 0 saturated carbocycles. The molecule has 0 N–H and O–H groups in total. The molecule has 0 radical (unpaired) electrons. The van der Waals surface area contributed by atoms with E-state index in [9.17, 15) is 0 Å². The van der Waals surface area contributed by atoms with Crippen LogP contribution >= 0.6 is 0 Å². The Morgan fingerprint density at radius 2 is 1.93 bits per heavy atom. The minimum absolute atomic E-state index is 1.07. The highest BCUT2D eigenvalue weighted by Gasteiger charge is 2.19. The standard InChI is InChI=1S/C13H14N2/c1-9-3-6-13(12-5-4-11(9)12)15-7-10(2)14-8-15/h3,6-8H,4-5H2,1-2H3. The van der Waals surface area contributed by atoms with Gasteiger partial charge in [-0.15, -0.1) is 0 Å². The van der Waals surface area contributed by atoms with Crippen LogP contribution in [0.3, 0.4) is 0 Å². The van der Waals surface area contributed by atoms with Crippen LogP contribution in [0.25, 0.3) is 5.69 Å². The van der Waals surface area contributed by atoms with E-state index >= 15 is 0 Å². The van der Waals surface area contributed by atoms with Crippen molar-refractivity contribution >= 4 is 0 Å². The van der Waals surface area contributed by atoms with Crippen LogP contribution in [0.2, 0.25) is 0 Å². The number of rotatable bonds is 1. The maximum absolute atomic E-state index is 4.27. The second-order valence-corrected chi connectivity index (χ2v) is 4.28. The van der Waals surface area contributed by atoms with Gasteiger partial charge in [-0.05, 0) is 49.4 Å². The average Bonchev–Trinajstić information content (AvgIpc) is 2.55. The first kappa shape index (κ1) is 8.72. The van der Waals surface area contributed by atoms with Gasteiger partial charge in [0.2, 0.25) is 0 Å². The van der Waals surface area contributed by atoms with Gasteiger partial charge in [-0.1, -0.05) is 6.07 Å². The van der Waals surface area contributed by atoms with E-state index in [2.05, 4.69) is 34.8 Å². The normalized spacial score (nSPS) is 13.5. The minimum Gasteiger partial charge on any atom is -0.306 e. The van der Waals surface area contributed by atoms with Gasteiger partial charge in [-0.25, -0.2) is 4.98 Å². The molecule has 0 fully saturated rings. The zero-order chi connectivity index (χ0) is 10.4. The van der Waals surface area contributed by atoms with Crippen molar-refractivity contribution in [3.8, 4) is 5.69 Å². The van der Waals surface area contributed by atoms with Crippen molar-refractivity contribution in [1.82, 2.24) is 9.55 Å². The summed E-state index contributed by atoms with van der Waals surface area (Å²) in [5.41, 5.74) is 6.86. The first-order valence-electron chi connectivity index (χ1n) is 5.38. The Morgan fingerprint density at radius 3 is 2.53 bits per heavy atom. The molecule has 1 aliphatic carbocycles. The van der Waals surface area contributed by atoms with Crippen molar-refractivity contribution in [2.75, 3.05) is 0 Å². The largest absolute Gasteiger partial charge is 0.306 e. The van der Waals surface area contributed by atoms with Gasteiger partial charge in [-0.2, -0.15) is 0 Å². The number of benzene rings is 1. The fourth-order valence-corrected chi connectivity index (χ4v) is 2.29. The lowest BCUT2D eigenvalue weighted by Gasteiger charge is -2.24. The van der Waals surface area contributed by atoms with Gasteiger partial charge in [0.05, 0.1) is 12.0 Å². The van der Waals surface area contributed by atoms with Crippen LogP contribution < -0.4 is 0 Å². The van der Waals surface area contributed by atoms with Gasteiger partial charge in [0.1, 0.15) is 0 Å². The summed E-state index contributed by atoms with van der Waals surface area (Å²) in [7, 11) is 0. The van der Waals surface area contributed by atoms with Crippen LogP contribution in [-0.4, -0.2) is 9.55 Å². The van der Waals surface area contributed by atoms with E-state index in [1.54, 1.807) is 5.56 Å². The molecule has 0 saturated heterocycles. The molecule has 2 heteroatoms. The zero-order valence-corrected chi connectivity index (χ0v) is 9.12. The number of hydrogen-bond acceptors (Lipinski definition) is 1. The van der Waals surface area contributed by atoms with Crippen molar-refractivity contribution < 1.29 is 0 Å². The predicted octanol–water partition coefficient (Wildman–Crippen LogP) is 2.59. The molecule has 2 aromatic rings. The Morgan fingerprint density at radius 1 is 1.13 bits per heavy atom. The van der Waals surface area contributed by atoms with Crippen molar-refractivity contribution in [2.45, 2.75) is 26.7 Å². The summed E-state index contributed by atoms with van der Waals surface area (Å²) in [5.74, 6) is 0. The molecule has 1 heterocycles. The summed E-state index contributed by atoms with van der Waals surface area (Å²) in [6.07, 6.45) is 6.44. The smallest absolute Gasteiger partial charge is 0.0995 e. The summed E-state index contributed by atoms with van der Waals surface area (Å²) < 4.78 is 2.13. The van der Waals surface area contributed by atoms with E-state index in [-0.39, 0.29) is 0 Å². The molecule has 1 aromatic carbocycles. The van der Waals surface area contributed by atoms with Crippen molar-refractivity contribution in [3.05, 3.63) is 47.0 Å². The van der Waals surface area contributed by atoms with Crippen molar-refractivity contribution in [2.24, 2.45) is 0 Å². The van der Waals surface area contributed by atoms with Crippen molar-refractivity contribution in [3.63, 3.8) is 0 Å². The van der Waals surface area contributed by atoms with Crippen LogP contribution in [0, 0.1) is 13.8 Å². The number of hydrogen-bond donors (Lipinski definition) is 0. The summed E-state index contributed by atoms with van der Waals surface area (Å²) in [4.78, 5) is 4.27. The SMILES string of the molecule is Cc1cn(-c2ccc(C)c3c2CC3)cn1. The van der Waals surface area contributed by atoms with Gasteiger partial charge in [0, 0.05) is 11.9 Å². The highest BCUT2D eigenvalue weighted by atomic mass is 15.0. The van der Waals surface area contributed by atoms with Gasteiger partial charge >= 0.3 is 0 Å². The van der Waals surface area contributed by atoms with Crippen LogP contribution in [0.15, 0.2) is 24.7 Å². The Hall–Kier alpha value is -1.57. The zero-order valence-electron chi connectivity index (χ0n) is 9.12. The molecule has 1 aliphatic rings. The van der Waals surface area contributed by atoms with Gasteiger partial charge in [0.15, 0.2) is 0 Å². The van der Waals surface area contributed by atoms with E-state index in [4.69, 9.17) is 0 Å². The van der Waals surface area contributed by atoms with Crippen LogP contribution in [0.5, 0.6) is 0 Å². The highest BCUT2D eigenvalue weighted by molar-refractivity contribution is 5.54. The molecule has 0 aliphatic heterocycles. The van der Waals surface area contributed by atoms with Crippen molar-refractivity contribution in [1.29, 1.82) is 0 Å². The molecular formula is C13H14N2. The fraction of sp³-hybridized carbons (Fsp3) is 0.308. The Bertz CT molecular complexity index is 523. The monoisotopic (exact) mass is 198 g/mol. The summed E-state index contributed by atoms with van der Waals surface area (Å²) >= 11 is 0. The topological polar surface area (TPSA) is 17.8 Å². The van der Waals surface area contributed by atoms with Crippen LogP contribution in [0.1, 0.15) is 22.4 Å². The van der Waals surface area contributed by atoms with E-state index in [1.165, 1.54) is 29.7 Å². The molecule has 2 nitrogen and oxygen atoms in total. The van der Waals surface area contributed by atoms with Crippen LogP contribution in [-0.2, 0) is 12.8 Å². The number of imidazole rings is 1. The number of nitrogens with zero attached hydrogens (tertiary/aromatic N) is 2. The maximum atomic E-state index is 4.27.